The first-order valence-electron chi connectivity index (χ1n) is 7.44. The number of carbonyl (C=O) groups is 1. The molecule has 2 rings (SSSR count). The van der Waals surface area contributed by atoms with E-state index in [1.54, 1.807) is 0 Å². The van der Waals surface area contributed by atoms with E-state index in [4.69, 9.17) is 0 Å². The first-order valence-corrected chi connectivity index (χ1v) is 7.44. The zero-order valence-corrected chi connectivity index (χ0v) is 12.3. The Kier molecular flexibility index (Phi) is 4.75. The second kappa shape index (κ2) is 6.35. The van der Waals surface area contributed by atoms with Crippen molar-refractivity contribution in [1.82, 2.24) is 20.5 Å². The quantitative estimate of drug-likeness (QED) is 0.761. The van der Waals surface area contributed by atoms with Gasteiger partial charge in [-0.25, -0.2) is 4.98 Å². The second-order valence-electron chi connectivity index (χ2n) is 5.96. The molecule has 0 spiro atoms. The van der Waals surface area contributed by atoms with Crippen LogP contribution in [0.1, 0.15) is 62.4 Å². The molecule has 6 nitrogen and oxygen atoms in total. The number of H-pyrrole nitrogens is 1. The lowest BCUT2D eigenvalue weighted by Crippen LogP contribution is -2.46. The number of aromatic amines is 1. The lowest BCUT2D eigenvalue weighted by molar-refractivity contribution is -0.0110. The Morgan fingerprint density at radius 1 is 1.60 bits per heavy atom. The van der Waals surface area contributed by atoms with Gasteiger partial charge in [0, 0.05) is 13.0 Å². The number of aliphatic hydroxyl groups is 1. The molecule has 1 aromatic rings. The first-order chi connectivity index (χ1) is 9.52. The Balaban J connectivity index is 1.87. The average molecular weight is 280 g/mol. The van der Waals surface area contributed by atoms with E-state index in [9.17, 15) is 9.90 Å². The highest BCUT2D eigenvalue weighted by molar-refractivity contribution is 5.90. The van der Waals surface area contributed by atoms with Crippen molar-refractivity contribution >= 4 is 5.91 Å². The molecule has 1 saturated carbocycles. The molecule has 1 aliphatic carbocycles. The van der Waals surface area contributed by atoms with Crippen LogP contribution < -0.4 is 5.32 Å². The van der Waals surface area contributed by atoms with Crippen LogP contribution in [0.2, 0.25) is 0 Å². The summed E-state index contributed by atoms with van der Waals surface area (Å²) in [5.74, 6) is 1.06. The highest BCUT2D eigenvalue weighted by atomic mass is 16.3. The van der Waals surface area contributed by atoms with E-state index in [-0.39, 0.29) is 18.3 Å². The summed E-state index contributed by atoms with van der Waals surface area (Å²) in [5, 5.41) is 19.9. The molecule has 0 bridgehead atoms. The average Bonchev–Trinajstić information content (AvgIpc) is 2.85. The van der Waals surface area contributed by atoms with Crippen molar-refractivity contribution in [2.75, 3.05) is 6.54 Å². The summed E-state index contributed by atoms with van der Waals surface area (Å²) in [6.07, 6.45) is 5.37. The maximum atomic E-state index is 12.0. The Hall–Kier alpha value is -1.43. The lowest BCUT2D eigenvalue weighted by atomic mass is 9.79. The van der Waals surface area contributed by atoms with Gasteiger partial charge in [0.05, 0.1) is 5.60 Å². The Morgan fingerprint density at radius 3 is 3.10 bits per heavy atom. The molecule has 112 valence electrons. The van der Waals surface area contributed by atoms with Crippen LogP contribution in [-0.4, -0.2) is 38.3 Å². The molecule has 2 atom stereocenters. The number of amides is 1. The predicted octanol–water partition coefficient (Wildman–Crippen LogP) is 1.43. The van der Waals surface area contributed by atoms with Gasteiger partial charge >= 0.3 is 0 Å². The van der Waals surface area contributed by atoms with Gasteiger partial charge in [-0.3, -0.25) is 9.89 Å². The van der Waals surface area contributed by atoms with Gasteiger partial charge < -0.3 is 10.4 Å². The van der Waals surface area contributed by atoms with Crippen LogP contribution in [0, 0.1) is 5.92 Å². The van der Waals surface area contributed by atoms with Crippen LogP contribution in [0.15, 0.2) is 0 Å². The summed E-state index contributed by atoms with van der Waals surface area (Å²) in [4.78, 5) is 16.1. The minimum Gasteiger partial charge on any atom is -0.388 e. The van der Waals surface area contributed by atoms with E-state index >= 15 is 0 Å². The van der Waals surface area contributed by atoms with Gasteiger partial charge in [-0.1, -0.05) is 26.7 Å². The third kappa shape index (κ3) is 3.79. The normalized spacial score (nSPS) is 26.4. The molecule has 3 N–H and O–H groups in total. The number of nitrogens with zero attached hydrogens (tertiary/aromatic N) is 2. The second-order valence-corrected chi connectivity index (χ2v) is 5.96. The molecule has 0 saturated heterocycles. The highest BCUT2D eigenvalue weighted by Crippen LogP contribution is 2.31. The zero-order valence-electron chi connectivity index (χ0n) is 12.3. The van der Waals surface area contributed by atoms with E-state index in [2.05, 4.69) is 27.4 Å². The van der Waals surface area contributed by atoms with Crippen molar-refractivity contribution < 1.29 is 9.90 Å². The minimum atomic E-state index is -0.782. The number of aryl methyl sites for hydroxylation is 1. The number of rotatable bonds is 5. The van der Waals surface area contributed by atoms with E-state index in [1.807, 2.05) is 6.92 Å². The number of hydrogen-bond donors (Lipinski definition) is 3. The lowest BCUT2D eigenvalue weighted by Gasteiger charge is -2.35. The number of hydrogen-bond acceptors (Lipinski definition) is 4. The Labute approximate surface area is 119 Å². The molecule has 1 amide bonds. The van der Waals surface area contributed by atoms with E-state index in [0.29, 0.717) is 5.92 Å². The largest absolute Gasteiger partial charge is 0.388 e. The van der Waals surface area contributed by atoms with Crippen LogP contribution in [0.5, 0.6) is 0 Å². The van der Waals surface area contributed by atoms with Gasteiger partial charge in [-0.05, 0) is 25.2 Å². The van der Waals surface area contributed by atoms with E-state index in [1.165, 1.54) is 0 Å². The van der Waals surface area contributed by atoms with E-state index < -0.39 is 5.60 Å². The topological polar surface area (TPSA) is 90.9 Å². The third-order valence-corrected chi connectivity index (χ3v) is 3.87. The van der Waals surface area contributed by atoms with Crippen molar-refractivity contribution in [3.05, 3.63) is 11.6 Å². The summed E-state index contributed by atoms with van der Waals surface area (Å²) in [6.45, 7) is 4.45. The van der Waals surface area contributed by atoms with Gasteiger partial charge in [0.1, 0.15) is 5.82 Å². The summed E-state index contributed by atoms with van der Waals surface area (Å²) in [7, 11) is 0. The van der Waals surface area contributed by atoms with Crippen LogP contribution in [0.4, 0.5) is 0 Å². The van der Waals surface area contributed by atoms with Crippen LogP contribution in [-0.2, 0) is 6.42 Å². The maximum absolute atomic E-state index is 12.0. The highest BCUT2D eigenvalue weighted by Gasteiger charge is 2.33. The summed E-state index contributed by atoms with van der Waals surface area (Å²) >= 11 is 0. The summed E-state index contributed by atoms with van der Waals surface area (Å²) in [6, 6.07) is 0. The fraction of sp³-hybridized carbons (Fsp3) is 0.786. The molecule has 0 radical (unpaired) electrons. The Bertz CT molecular complexity index is 460. The molecule has 0 aromatic carbocycles. The van der Waals surface area contributed by atoms with Crippen LogP contribution in [0.3, 0.4) is 0 Å². The standard InChI is InChI=1S/C14H24N4O2/c1-3-5-11-16-12(18-17-11)13(19)15-9-14(20)7-4-6-10(2)8-14/h10,20H,3-9H2,1-2H3,(H,15,19)(H,16,17,18). The van der Waals surface area contributed by atoms with Crippen molar-refractivity contribution in [2.45, 2.75) is 58.0 Å². The molecule has 1 fully saturated rings. The molecule has 2 unspecified atom stereocenters. The zero-order chi connectivity index (χ0) is 14.6. The van der Waals surface area contributed by atoms with Gasteiger partial charge in [-0.2, -0.15) is 0 Å². The molecular formula is C14H24N4O2. The van der Waals surface area contributed by atoms with Crippen molar-refractivity contribution in [1.29, 1.82) is 0 Å². The number of nitrogens with one attached hydrogen (secondary N) is 2. The Morgan fingerprint density at radius 2 is 2.40 bits per heavy atom. The van der Waals surface area contributed by atoms with Gasteiger partial charge in [0.2, 0.25) is 5.82 Å². The van der Waals surface area contributed by atoms with Crippen LogP contribution in [0.25, 0.3) is 0 Å². The van der Waals surface area contributed by atoms with Crippen molar-refractivity contribution in [3.8, 4) is 0 Å². The van der Waals surface area contributed by atoms with Gasteiger partial charge in [0.15, 0.2) is 0 Å². The van der Waals surface area contributed by atoms with Gasteiger partial charge in [0.25, 0.3) is 5.91 Å². The first kappa shape index (κ1) is 15.0. The van der Waals surface area contributed by atoms with Crippen LogP contribution >= 0.6 is 0 Å². The molecule has 1 aliphatic rings. The maximum Gasteiger partial charge on any atom is 0.291 e. The smallest absolute Gasteiger partial charge is 0.291 e. The molecule has 1 aromatic heterocycles. The summed E-state index contributed by atoms with van der Waals surface area (Å²) < 4.78 is 0. The SMILES string of the molecule is CCCc1nc(C(=O)NCC2(O)CCCC(C)C2)n[nH]1. The van der Waals surface area contributed by atoms with Crippen molar-refractivity contribution in [2.24, 2.45) is 5.92 Å². The fourth-order valence-corrected chi connectivity index (χ4v) is 2.86. The van der Waals surface area contributed by atoms with Gasteiger partial charge in [-0.15, -0.1) is 5.10 Å². The predicted molar refractivity (Wildman–Crippen MR) is 75.3 cm³/mol. The summed E-state index contributed by atoms with van der Waals surface area (Å²) in [5.41, 5.74) is -0.782. The third-order valence-electron chi connectivity index (χ3n) is 3.87. The molecule has 20 heavy (non-hydrogen) atoms. The number of aromatic nitrogens is 3. The van der Waals surface area contributed by atoms with E-state index in [0.717, 1.165) is 44.3 Å². The minimum absolute atomic E-state index is 0.154. The molecule has 1 heterocycles. The molecule has 0 aliphatic heterocycles. The number of carbonyl (C=O) groups excluding carboxylic acids is 1. The monoisotopic (exact) mass is 280 g/mol. The van der Waals surface area contributed by atoms with Crippen molar-refractivity contribution in [3.63, 3.8) is 0 Å². The molecular weight excluding hydrogens is 256 g/mol. The fourth-order valence-electron chi connectivity index (χ4n) is 2.86. The molecule has 6 heteroatoms.